The zero-order valence-corrected chi connectivity index (χ0v) is 17.1. The normalized spacial score (nSPS) is 14.2. The lowest BCUT2D eigenvalue weighted by molar-refractivity contribution is 0.0597. The van der Waals surface area contributed by atoms with E-state index in [2.05, 4.69) is 4.98 Å². The van der Waals surface area contributed by atoms with Gasteiger partial charge in [0.1, 0.15) is 22.0 Å². The number of halogens is 1. The molecule has 3 rings (SSSR count). The van der Waals surface area contributed by atoms with Crippen LogP contribution in [0, 0.1) is 0 Å². The molecule has 9 heteroatoms. The molecule has 154 valence electrons. The molecule has 0 saturated carbocycles. The summed E-state index contributed by atoms with van der Waals surface area (Å²) in [7, 11) is -1.74. The quantitative estimate of drug-likeness (QED) is 0.665. The van der Waals surface area contributed by atoms with Crippen molar-refractivity contribution in [2.24, 2.45) is 0 Å². The Labute approximate surface area is 168 Å². The number of hydrogen-bond donors (Lipinski definition) is 0. The molecule has 0 aliphatic heterocycles. The van der Waals surface area contributed by atoms with Gasteiger partial charge in [0.2, 0.25) is 0 Å². The Kier molecular flexibility index (Phi) is 5.88. The Morgan fingerprint density at radius 2 is 2.07 bits per heavy atom. The van der Waals surface area contributed by atoms with Crippen molar-refractivity contribution in [2.45, 2.75) is 31.1 Å². The molecule has 2 aromatic rings. The summed E-state index contributed by atoms with van der Waals surface area (Å²) in [5.41, 5.74) is 0.588. The monoisotopic (exact) mass is 420 g/mol. The fourth-order valence-electron chi connectivity index (χ4n) is 3.09. The van der Waals surface area contributed by atoms with Crippen LogP contribution in [0.3, 0.4) is 0 Å². The summed E-state index contributed by atoms with van der Waals surface area (Å²) < 4.78 is 52.2. The number of rotatable bonds is 6. The molecule has 2 heterocycles. The van der Waals surface area contributed by atoms with Gasteiger partial charge in [-0.25, -0.2) is 21.6 Å². The second-order valence-electron chi connectivity index (χ2n) is 6.32. The van der Waals surface area contributed by atoms with Gasteiger partial charge < -0.3 is 9.47 Å². The molecular formula is C20H21FN2O5S. The number of esters is 1. The van der Waals surface area contributed by atoms with Crippen LogP contribution in [0.25, 0.3) is 5.57 Å². The van der Waals surface area contributed by atoms with Gasteiger partial charge >= 0.3 is 5.97 Å². The van der Waals surface area contributed by atoms with Crippen LogP contribution in [0.15, 0.2) is 47.4 Å². The highest BCUT2D eigenvalue weighted by molar-refractivity contribution is 7.90. The van der Waals surface area contributed by atoms with Crippen LogP contribution in [0.1, 0.15) is 41.5 Å². The van der Waals surface area contributed by atoms with Crippen molar-refractivity contribution in [1.82, 2.24) is 8.96 Å². The van der Waals surface area contributed by atoms with Crippen LogP contribution in [0.5, 0.6) is 5.75 Å². The zero-order valence-electron chi connectivity index (χ0n) is 16.3. The number of hydrogen-bond acceptors (Lipinski definition) is 6. The number of pyridine rings is 1. The summed E-state index contributed by atoms with van der Waals surface area (Å²) in [6.45, 7) is 1.90. The number of aryl methyl sites for hydroxylation is 1. The SMILES string of the molecule is CCc1ccc(S(=O)(=O)n2cc(C(=O)OC)c(OC)c2C2=C(F)CCC=C2)cn1. The van der Waals surface area contributed by atoms with E-state index in [4.69, 9.17) is 9.47 Å². The summed E-state index contributed by atoms with van der Waals surface area (Å²) in [5, 5.41) is 0. The van der Waals surface area contributed by atoms with Gasteiger partial charge in [-0.15, -0.1) is 0 Å². The molecule has 29 heavy (non-hydrogen) atoms. The third-order valence-corrected chi connectivity index (χ3v) is 6.26. The fraction of sp³-hybridized carbons (Fsp3) is 0.300. The van der Waals surface area contributed by atoms with E-state index in [-0.39, 0.29) is 33.9 Å². The Morgan fingerprint density at radius 3 is 2.62 bits per heavy atom. The number of ether oxygens (including phenoxy) is 2. The fourth-order valence-corrected chi connectivity index (χ4v) is 4.41. The molecule has 7 nitrogen and oxygen atoms in total. The predicted molar refractivity (Wildman–Crippen MR) is 105 cm³/mol. The van der Waals surface area contributed by atoms with Crippen LogP contribution in [0.2, 0.25) is 0 Å². The molecule has 0 bridgehead atoms. The van der Waals surface area contributed by atoms with Crippen LogP contribution < -0.4 is 4.74 Å². The summed E-state index contributed by atoms with van der Waals surface area (Å²) in [6, 6.07) is 3.03. The minimum Gasteiger partial charge on any atom is -0.494 e. The van der Waals surface area contributed by atoms with Crippen molar-refractivity contribution in [2.75, 3.05) is 14.2 Å². The molecule has 2 aromatic heterocycles. The van der Waals surface area contributed by atoms with E-state index < -0.39 is 21.8 Å². The lowest BCUT2D eigenvalue weighted by Crippen LogP contribution is -2.16. The average molecular weight is 420 g/mol. The summed E-state index contributed by atoms with van der Waals surface area (Å²) in [4.78, 5) is 16.3. The zero-order chi connectivity index (χ0) is 21.2. The van der Waals surface area contributed by atoms with Gasteiger partial charge in [0.05, 0.1) is 14.2 Å². The second kappa shape index (κ2) is 8.20. The summed E-state index contributed by atoms with van der Waals surface area (Å²) in [5.74, 6) is -1.36. The first-order chi connectivity index (χ1) is 13.8. The van der Waals surface area contributed by atoms with Gasteiger partial charge in [-0.2, -0.15) is 0 Å². The lowest BCUT2D eigenvalue weighted by Gasteiger charge is -2.15. The van der Waals surface area contributed by atoms with E-state index in [9.17, 15) is 17.6 Å². The smallest absolute Gasteiger partial charge is 0.343 e. The highest BCUT2D eigenvalue weighted by atomic mass is 32.2. The van der Waals surface area contributed by atoms with E-state index in [0.29, 0.717) is 12.8 Å². The standard InChI is InChI=1S/C20H21FN2O5S/c1-4-13-9-10-14(11-22-13)29(25,26)23-12-16(20(24)28-3)19(27-2)18(23)15-7-5-6-8-17(15)21/h5,7,9-12H,4,6,8H2,1-3H3. The highest BCUT2D eigenvalue weighted by Crippen LogP contribution is 2.39. The number of allylic oxidation sites excluding steroid dienone is 4. The molecule has 0 fully saturated rings. The molecule has 1 aliphatic rings. The first kappa shape index (κ1) is 20.8. The van der Waals surface area contributed by atoms with Gasteiger partial charge in [0, 0.05) is 30.1 Å². The second-order valence-corrected chi connectivity index (χ2v) is 8.13. The largest absolute Gasteiger partial charge is 0.494 e. The van der Waals surface area contributed by atoms with Crippen LogP contribution in [0.4, 0.5) is 4.39 Å². The molecule has 0 radical (unpaired) electrons. The van der Waals surface area contributed by atoms with Crippen molar-refractivity contribution < 1.29 is 27.1 Å². The Hall–Kier alpha value is -2.94. The van der Waals surface area contributed by atoms with Crippen molar-refractivity contribution >= 4 is 21.6 Å². The maximum Gasteiger partial charge on any atom is 0.343 e. The minimum absolute atomic E-state index is 0.0463. The molecule has 1 aliphatic carbocycles. The average Bonchev–Trinajstić information content (AvgIpc) is 3.13. The van der Waals surface area contributed by atoms with Crippen LogP contribution >= 0.6 is 0 Å². The van der Waals surface area contributed by atoms with E-state index in [1.807, 2.05) is 6.92 Å². The molecule has 0 spiro atoms. The van der Waals surface area contributed by atoms with Crippen molar-refractivity contribution in [3.05, 3.63) is 59.5 Å². The predicted octanol–water partition coefficient (Wildman–Crippen LogP) is 3.51. The van der Waals surface area contributed by atoms with Gasteiger partial charge in [-0.1, -0.05) is 19.1 Å². The minimum atomic E-state index is -4.19. The highest BCUT2D eigenvalue weighted by Gasteiger charge is 2.32. The Balaban J connectivity index is 2.30. The Bertz CT molecular complexity index is 1100. The van der Waals surface area contributed by atoms with Crippen molar-refractivity contribution in [1.29, 1.82) is 0 Å². The molecule has 0 N–H and O–H groups in total. The van der Waals surface area contributed by atoms with E-state index in [0.717, 1.165) is 15.9 Å². The third kappa shape index (κ3) is 3.69. The summed E-state index contributed by atoms with van der Waals surface area (Å²) >= 11 is 0. The first-order valence-corrected chi connectivity index (χ1v) is 10.4. The van der Waals surface area contributed by atoms with Crippen LogP contribution in [-0.2, 0) is 21.2 Å². The molecular weight excluding hydrogens is 399 g/mol. The van der Waals surface area contributed by atoms with Crippen molar-refractivity contribution in [3.8, 4) is 5.75 Å². The van der Waals surface area contributed by atoms with Crippen molar-refractivity contribution in [3.63, 3.8) is 0 Å². The summed E-state index contributed by atoms with van der Waals surface area (Å²) in [6.07, 6.45) is 6.82. The molecule has 0 atom stereocenters. The number of methoxy groups -OCH3 is 2. The Morgan fingerprint density at radius 1 is 1.31 bits per heavy atom. The van der Waals surface area contributed by atoms with Gasteiger partial charge in [-0.05, 0) is 25.0 Å². The third-order valence-electron chi connectivity index (χ3n) is 4.61. The molecule has 0 unspecified atom stereocenters. The number of carbonyl (C=O) groups excluding carboxylic acids is 1. The topological polar surface area (TPSA) is 87.5 Å². The maximum absolute atomic E-state index is 14.6. The van der Waals surface area contributed by atoms with E-state index in [1.165, 1.54) is 32.6 Å². The van der Waals surface area contributed by atoms with Gasteiger partial charge in [-0.3, -0.25) is 4.98 Å². The first-order valence-electron chi connectivity index (χ1n) is 8.98. The van der Waals surface area contributed by atoms with E-state index >= 15 is 0 Å². The van der Waals surface area contributed by atoms with Crippen LogP contribution in [-0.4, -0.2) is 37.6 Å². The molecule has 0 amide bonds. The molecule has 0 saturated heterocycles. The van der Waals surface area contributed by atoms with Gasteiger partial charge in [0.25, 0.3) is 10.0 Å². The maximum atomic E-state index is 14.6. The lowest BCUT2D eigenvalue weighted by atomic mass is 10.0. The molecule has 0 aromatic carbocycles. The van der Waals surface area contributed by atoms with E-state index in [1.54, 1.807) is 12.1 Å². The number of carbonyl (C=O) groups is 1. The number of aromatic nitrogens is 2. The van der Waals surface area contributed by atoms with Gasteiger partial charge in [0.15, 0.2) is 5.75 Å². The number of nitrogens with zero attached hydrogens (tertiary/aromatic N) is 2.